The molecular formula is C16H21NO2S. The SMILES string of the molecule is CSc1ccc(OCC(=O)NC(C2CC2)C2CC2)cc1. The Morgan fingerprint density at radius 1 is 1.25 bits per heavy atom. The zero-order valence-electron chi connectivity index (χ0n) is 11.8. The molecule has 0 heterocycles. The van der Waals surface area contributed by atoms with Crippen LogP contribution in [-0.2, 0) is 4.79 Å². The molecule has 2 saturated carbocycles. The van der Waals surface area contributed by atoms with Gasteiger partial charge >= 0.3 is 0 Å². The normalized spacial score (nSPS) is 18.1. The fourth-order valence-electron chi connectivity index (χ4n) is 2.58. The number of rotatable bonds is 7. The van der Waals surface area contributed by atoms with Crippen LogP contribution in [0.5, 0.6) is 5.75 Å². The van der Waals surface area contributed by atoms with Crippen LogP contribution in [-0.4, -0.2) is 24.8 Å². The zero-order chi connectivity index (χ0) is 13.9. The highest BCUT2D eigenvalue weighted by atomic mass is 32.2. The van der Waals surface area contributed by atoms with E-state index in [0.29, 0.717) is 6.04 Å². The van der Waals surface area contributed by atoms with Crippen LogP contribution in [0.25, 0.3) is 0 Å². The first-order valence-corrected chi connectivity index (χ1v) is 8.55. The summed E-state index contributed by atoms with van der Waals surface area (Å²) in [6.45, 7) is 0.120. The first kappa shape index (κ1) is 13.8. The molecular weight excluding hydrogens is 270 g/mol. The number of hydrogen-bond donors (Lipinski definition) is 1. The molecule has 3 nitrogen and oxygen atoms in total. The average molecular weight is 291 g/mol. The van der Waals surface area contributed by atoms with E-state index in [9.17, 15) is 4.79 Å². The van der Waals surface area contributed by atoms with Gasteiger partial charge in [0.05, 0.1) is 0 Å². The molecule has 1 aromatic carbocycles. The van der Waals surface area contributed by atoms with E-state index in [1.165, 1.54) is 30.6 Å². The maximum absolute atomic E-state index is 12.0. The van der Waals surface area contributed by atoms with Crippen LogP contribution in [0.1, 0.15) is 25.7 Å². The van der Waals surface area contributed by atoms with Crippen molar-refractivity contribution >= 4 is 17.7 Å². The quantitative estimate of drug-likeness (QED) is 0.785. The molecule has 4 heteroatoms. The van der Waals surface area contributed by atoms with Crippen molar-refractivity contribution in [3.8, 4) is 5.75 Å². The van der Waals surface area contributed by atoms with Gasteiger partial charge in [-0.05, 0) is 68.0 Å². The number of carbonyl (C=O) groups is 1. The molecule has 108 valence electrons. The summed E-state index contributed by atoms with van der Waals surface area (Å²) in [7, 11) is 0. The van der Waals surface area contributed by atoms with Crippen LogP contribution < -0.4 is 10.1 Å². The largest absolute Gasteiger partial charge is 0.484 e. The molecule has 0 bridgehead atoms. The minimum absolute atomic E-state index is 0.0164. The van der Waals surface area contributed by atoms with E-state index in [1.807, 2.05) is 30.5 Å². The van der Waals surface area contributed by atoms with Gasteiger partial charge in [0.1, 0.15) is 5.75 Å². The number of nitrogens with one attached hydrogen (secondary N) is 1. The van der Waals surface area contributed by atoms with E-state index in [1.54, 1.807) is 11.8 Å². The summed E-state index contributed by atoms with van der Waals surface area (Å²) < 4.78 is 5.55. The van der Waals surface area contributed by atoms with Gasteiger partial charge in [0.25, 0.3) is 5.91 Å². The van der Waals surface area contributed by atoms with Gasteiger partial charge in [0, 0.05) is 10.9 Å². The summed E-state index contributed by atoms with van der Waals surface area (Å²) >= 11 is 1.70. The standard InChI is InChI=1S/C16H21NO2S/c1-20-14-8-6-13(7-9-14)19-10-15(18)17-16(11-2-3-11)12-4-5-12/h6-9,11-12,16H,2-5,10H2,1H3,(H,17,18). The monoisotopic (exact) mass is 291 g/mol. The molecule has 0 atom stereocenters. The van der Waals surface area contributed by atoms with Crippen molar-refractivity contribution in [2.45, 2.75) is 36.6 Å². The third-order valence-corrected chi connectivity index (χ3v) is 4.76. The van der Waals surface area contributed by atoms with Crippen LogP contribution in [0.2, 0.25) is 0 Å². The lowest BCUT2D eigenvalue weighted by atomic mass is 10.1. The maximum atomic E-state index is 12.0. The van der Waals surface area contributed by atoms with E-state index in [0.717, 1.165) is 17.6 Å². The smallest absolute Gasteiger partial charge is 0.258 e. The summed E-state index contributed by atoms with van der Waals surface area (Å²) in [5, 5.41) is 3.17. The molecule has 0 aromatic heterocycles. The Morgan fingerprint density at radius 2 is 1.85 bits per heavy atom. The second kappa shape index (κ2) is 6.08. The molecule has 20 heavy (non-hydrogen) atoms. The molecule has 2 aliphatic rings. The van der Waals surface area contributed by atoms with Crippen molar-refractivity contribution in [2.24, 2.45) is 11.8 Å². The number of thioether (sulfide) groups is 1. The molecule has 0 radical (unpaired) electrons. The molecule has 2 fully saturated rings. The summed E-state index contributed by atoms with van der Waals surface area (Å²) in [5.41, 5.74) is 0. The second-order valence-electron chi connectivity index (χ2n) is 5.73. The van der Waals surface area contributed by atoms with Crippen molar-refractivity contribution in [1.82, 2.24) is 5.32 Å². The average Bonchev–Trinajstić information content (AvgIpc) is 3.36. The fourth-order valence-corrected chi connectivity index (χ4v) is 2.99. The van der Waals surface area contributed by atoms with Gasteiger partial charge in [0.2, 0.25) is 0 Å². The number of carbonyl (C=O) groups excluding carboxylic acids is 1. The number of hydrogen-bond acceptors (Lipinski definition) is 3. The second-order valence-corrected chi connectivity index (χ2v) is 6.61. The van der Waals surface area contributed by atoms with Gasteiger partial charge in [-0.25, -0.2) is 0 Å². The third-order valence-electron chi connectivity index (χ3n) is 4.02. The molecule has 1 amide bonds. The van der Waals surface area contributed by atoms with Crippen molar-refractivity contribution in [2.75, 3.05) is 12.9 Å². The third kappa shape index (κ3) is 3.69. The molecule has 1 aromatic rings. The fraction of sp³-hybridized carbons (Fsp3) is 0.562. The Hall–Kier alpha value is -1.16. The number of benzene rings is 1. The highest BCUT2D eigenvalue weighted by Gasteiger charge is 2.42. The van der Waals surface area contributed by atoms with Gasteiger partial charge in [0.15, 0.2) is 6.61 Å². The molecule has 1 N–H and O–H groups in total. The predicted molar refractivity (Wildman–Crippen MR) is 81.1 cm³/mol. The summed E-state index contributed by atoms with van der Waals surface area (Å²) in [5.74, 6) is 2.23. The Morgan fingerprint density at radius 3 is 2.35 bits per heavy atom. The van der Waals surface area contributed by atoms with E-state index < -0.39 is 0 Å². The van der Waals surface area contributed by atoms with Crippen LogP contribution >= 0.6 is 11.8 Å². The lowest BCUT2D eigenvalue weighted by Gasteiger charge is -2.17. The van der Waals surface area contributed by atoms with E-state index in [-0.39, 0.29) is 12.5 Å². The van der Waals surface area contributed by atoms with Crippen LogP contribution in [0, 0.1) is 11.8 Å². The number of ether oxygens (including phenoxy) is 1. The van der Waals surface area contributed by atoms with E-state index in [2.05, 4.69) is 5.32 Å². The maximum Gasteiger partial charge on any atom is 0.258 e. The lowest BCUT2D eigenvalue weighted by Crippen LogP contribution is -2.40. The first-order chi connectivity index (χ1) is 9.76. The summed E-state index contributed by atoms with van der Waals surface area (Å²) in [6.07, 6.45) is 7.15. The minimum Gasteiger partial charge on any atom is -0.484 e. The van der Waals surface area contributed by atoms with E-state index >= 15 is 0 Å². The first-order valence-electron chi connectivity index (χ1n) is 7.32. The van der Waals surface area contributed by atoms with Crippen molar-refractivity contribution in [3.63, 3.8) is 0 Å². The highest BCUT2D eigenvalue weighted by Crippen LogP contribution is 2.44. The van der Waals surface area contributed by atoms with Crippen molar-refractivity contribution in [3.05, 3.63) is 24.3 Å². The molecule has 0 unspecified atom stereocenters. The van der Waals surface area contributed by atoms with Crippen LogP contribution in [0.15, 0.2) is 29.2 Å². The Labute approximate surface area is 124 Å². The Balaban J connectivity index is 1.45. The molecule has 2 aliphatic carbocycles. The Kier molecular flexibility index (Phi) is 4.20. The number of amides is 1. The summed E-state index contributed by atoms with van der Waals surface area (Å²) in [4.78, 5) is 13.2. The summed E-state index contributed by atoms with van der Waals surface area (Å²) in [6, 6.07) is 8.26. The van der Waals surface area contributed by atoms with Crippen LogP contribution in [0.4, 0.5) is 0 Å². The predicted octanol–water partition coefficient (Wildman–Crippen LogP) is 3.09. The van der Waals surface area contributed by atoms with E-state index in [4.69, 9.17) is 4.74 Å². The van der Waals surface area contributed by atoms with Crippen molar-refractivity contribution < 1.29 is 9.53 Å². The molecule has 3 rings (SSSR count). The topological polar surface area (TPSA) is 38.3 Å². The van der Waals surface area contributed by atoms with Gasteiger partial charge in [-0.2, -0.15) is 0 Å². The molecule has 0 saturated heterocycles. The molecule has 0 aliphatic heterocycles. The van der Waals surface area contributed by atoms with Crippen LogP contribution in [0.3, 0.4) is 0 Å². The van der Waals surface area contributed by atoms with Gasteiger partial charge in [-0.1, -0.05) is 0 Å². The van der Waals surface area contributed by atoms with Gasteiger partial charge in [-0.15, -0.1) is 11.8 Å². The van der Waals surface area contributed by atoms with Gasteiger partial charge in [-0.3, -0.25) is 4.79 Å². The minimum atomic E-state index is 0.0164. The van der Waals surface area contributed by atoms with Crippen molar-refractivity contribution in [1.29, 1.82) is 0 Å². The van der Waals surface area contributed by atoms with Gasteiger partial charge < -0.3 is 10.1 Å². The highest BCUT2D eigenvalue weighted by molar-refractivity contribution is 7.98. The molecule has 0 spiro atoms. The lowest BCUT2D eigenvalue weighted by molar-refractivity contribution is -0.124. The zero-order valence-corrected chi connectivity index (χ0v) is 12.6. The Bertz CT molecular complexity index is 454.